The van der Waals surface area contributed by atoms with Gasteiger partial charge in [-0.2, -0.15) is 5.10 Å². The molecule has 0 saturated carbocycles. The highest BCUT2D eigenvalue weighted by atomic mass is 16.5. The molecule has 3 amide bonds. The second-order valence-electron chi connectivity index (χ2n) is 12.9. The second kappa shape index (κ2) is 14.6. The van der Waals surface area contributed by atoms with Crippen LogP contribution in [0.4, 0.5) is 0 Å². The molecule has 0 radical (unpaired) electrons. The quantitative estimate of drug-likeness (QED) is 0.402. The van der Waals surface area contributed by atoms with Crippen LogP contribution < -0.4 is 15.4 Å². The number of piperidine rings is 1. The molecular formula is C35H46N6O5. The van der Waals surface area contributed by atoms with Gasteiger partial charge in [0.1, 0.15) is 11.4 Å². The molecule has 11 nitrogen and oxygen atoms in total. The molecular weight excluding hydrogens is 584 g/mol. The maximum Gasteiger partial charge on any atom is 0.270 e. The minimum Gasteiger partial charge on any atom is -0.484 e. The van der Waals surface area contributed by atoms with Crippen LogP contribution in [0.5, 0.6) is 5.75 Å². The molecule has 1 aromatic heterocycles. The van der Waals surface area contributed by atoms with Crippen molar-refractivity contribution in [2.24, 2.45) is 5.41 Å². The summed E-state index contributed by atoms with van der Waals surface area (Å²) in [7, 11) is 1.67. The Morgan fingerprint density at radius 2 is 1.83 bits per heavy atom. The summed E-state index contributed by atoms with van der Waals surface area (Å²) < 4.78 is 13.0. The van der Waals surface area contributed by atoms with Gasteiger partial charge in [-0.1, -0.05) is 30.3 Å². The summed E-state index contributed by atoms with van der Waals surface area (Å²) in [6.45, 7) is 4.84. The van der Waals surface area contributed by atoms with E-state index in [1.807, 2.05) is 53.4 Å². The normalized spacial score (nSPS) is 22.2. The molecule has 3 aliphatic heterocycles. The zero-order valence-electron chi connectivity index (χ0n) is 26.8. The number of fused-ring (bicyclic) bond motifs is 5. The molecule has 0 aliphatic carbocycles. The Morgan fingerprint density at radius 3 is 2.63 bits per heavy atom. The molecule has 2 N–H and O–H groups in total. The first kappa shape index (κ1) is 32.0. The molecule has 1 unspecified atom stereocenters. The van der Waals surface area contributed by atoms with E-state index in [2.05, 4.69) is 20.6 Å². The fourth-order valence-electron chi connectivity index (χ4n) is 7.38. The molecule has 2 aromatic carbocycles. The van der Waals surface area contributed by atoms with E-state index in [1.165, 1.54) is 12.8 Å². The van der Waals surface area contributed by atoms with Crippen LogP contribution in [0.2, 0.25) is 0 Å². The lowest BCUT2D eigenvalue weighted by Crippen LogP contribution is -2.55. The SMILES string of the molecule is COCCCC1(C(=O)N2CCC(N3CCCC3)CC2)CNC(=O)c2c3ccccc3nn2CCNC(=O)COc2cccc(c2)C1. The second-order valence-corrected chi connectivity index (χ2v) is 12.9. The molecule has 3 aliphatic rings. The lowest BCUT2D eigenvalue weighted by Gasteiger charge is -2.42. The zero-order valence-corrected chi connectivity index (χ0v) is 26.8. The summed E-state index contributed by atoms with van der Waals surface area (Å²) in [5.74, 6) is 0.0745. The minimum absolute atomic E-state index is 0.0638. The smallest absolute Gasteiger partial charge is 0.270 e. The summed E-state index contributed by atoms with van der Waals surface area (Å²) in [4.78, 5) is 46.1. The van der Waals surface area contributed by atoms with Gasteiger partial charge < -0.3 is 29.9 Å². The van der Waals surface area contributed by atoms with Gasteiger partial charge in [0.25, 0.3) is 11.8 Å². The van der Waals surface area contributed by atoms with Gasteiger partial charge in [-0.3, -0.25) is 19.1 Å². The van der Waals surface area contributed by atoms with E-state index >= 15 is 0 Å². The van der Waals surface area contributed by atoms with Crippen LogP contribution in [0.25, 0.3) is 10.9 Å². The number of hydrogen-bond acceptors (Lipinski definition) is 7. The third-order valence-corrected chi connectivity index (χ3v) is 9.77. The van der Waals surface area contributed by atoms with Crippen LogP contribution in [0.1, 0.15) is 54.6 Å². The number of hydrogen-bond donors (Lipinski definition) is 2. The number of carbonyl (C=O) groups excluding carboxylic acids is 3. The Kier molecular flexibility index (Phi) is 10.2. The zero-order chi connectivity index (χ0) is 31.9. The van der Waals surface area contributed by atoms with Crippen molar-refractivity contribution in [1.82, 2.24) is 30.2 Å². The fraction of sp³-hybridized carbons (Fsp3) is 0.543. The Hall–Kier alpha value is -3.96. The van der Waals surface area contributed by atoms with E-state index in [0.29, 0.717) is 68.5 Å². The molecule has 11 heteroatoms. The van der Waals surface area contributed by atoms with Crippen molar-refractivity contribution in [3.05, 3.63) is 59.8 Å². The van der Waals surface area contributed by atoms with E-state index in [-0.39, 0.29) is 37.4 Å². The van der Waals surface area contributed by atoms with Crippen molar-refractivity contribution in [1.29, 1.82) is 0 Å². The number of methoxy groups -OCH3 is 1. The fourth-order valence-corrected chi connectivity index (χ4v) is 7.38. The van der Waals surface area contributed by atoms with Crippen LogP contribution in [0.15, 0.2) is 48.5 Å². The number of aromatic nitrogens is 2. The molecule has 2 saturated heterocycles. The highest BCUT2D eigenvalue weighted by molar-refractivity contribution is 6.05. The molecule has 1 atom stereocenters. The average molecular weight is 631 g/mol. The molecule has 2 bridgehead atoms. The van der Waals surface area contributed by atoms with E-state index in [1.54, 1.807) is 11.8 Å². The summed E-state index contributed by atoms with van der Waals surface area (Å²) in [5.41, 5.74) is 1.11. The number of likely N-dealkylation sites (tertiary alicyclic amines) is 2. The number of ether oxygens (including phenoxy) is 2. The lowest BCUT2D eigenvalue weighted by molar-refractivity contribution is -0.144. The molecule has 46 heavy (non-hydrogen) atoms. The maximum atomic E-state index is 14.8. The van der Waals surface area contributed by atoms with Gasteiger partial charge in [0.2, 0.25) is 5.91 Å². The van der Waals surface area contributed by atoms with Gasteiger partial charge in [0.15, 0.2) is 6.61 Å². The predicted octanol–water partition coefficient (Wildman–Crippen LogP) is 3.02. The van der Waals surface area contributed by atoms with Gasteiger partial charge >= 0.3 is 0 Å². The molecule has 3 aromatic rings. The first-order valence-electron chi connectivity index (χ1n) is 16.7. The molecule has 2 fully saturated rings. The van der Waals surface area contributed by atoms with Crippen molar-refractivity contribution < 1.29 is 23.9 Å². The number of benzene rings is 2. The van der Waals surface area contributed by atoms with Crippen LogP contribution in [0.3, 0.4) is 0 Å². The largest absolute Gasteiger partial charge is 0.484 e. The Bertz CT molecular complexity index is 1530. The van der Waals surface area contributed by atoms with Crippen molar-refractivity contribution in [3.63, 3.8) is 0 Å². The number of rotatable bonds is 6. The monoisotopic (exact) mass is 630 g/mol. The minimum atomic E-state index is -0.914. The van der Waals surface area contributed by atoms with E-state index in [9.17, 15) is 14.4 Å². The van der Waals surface area contributed by atoms with Crippen molar-refractivity contribution in [3.8, 4) is 5.75 Å². The Labute approximate surface area is 270 Å². The van der Waals surface area contributed by atoms with Crippen molar-refractivity contribution >= 4 is 28.6 Å². The van der Waals surface area contributed by atoms with E-state index < -0.39 is 5.41 Å². The Morgan fingerprint density at radius 1 is 1.02 bits per heavy atom. The first-order chi connectivity index (χ1) is 22.5. The van der Waals surface area contributed by atoms with E-state index in [4.69, 9.17) is 9.47 Å². The van der Waals surface area contributed by atoms with Crippen LogP contribution in [0, 0.1) is 5.41 Å². The summed E-state index contributed by atoms with van der Waals surface area (Å²) in [5, 5.41) is 11.5. The molecule has 246 valence electrons. The Balaban J connectivity index is 1.34. The first-order valence-corrected chi connectivity index (χ1v) is 16.7. The van der Waals surface area contributed by atoms with Gasteiger partial charge in [-0.05, 0) is 81.8 Å². The molecule has 0 spiro atoms. The maximum absolute atomic E-state index is 14.8. The standard InChI is InChI=1S/C35H46N6O5/c1-45-21-7-14-35(34(44)40-18-12-27(13-19-40)39-16-4-5-17-39)23-26-8-6-9-28(22-26)46-24-31(42)36-15-20-41-32(33(43)37-25-35)29-10-2-3-11-30(29)38-41/h2-3,6,8-11,22,27H,4-5,7,12-21,23-25H2,1H3,(H,36,42)(H,37,43). The highest BCUT2D eigenvalue weighted by Crippen LogP contribution is 2.34. The van der Waals surface area contributed by atoms with Gasteiger partial charge in [0, 0.05) is 51.3 Å². The number of amides is 3. The van der Waals surface area contributed by atoms with Crippen molar-refractivity contribution in [2.75, 3.05) is 59.6 Å². The van der Waals surface area contributed by atoms with Crippen LogP contribution >= 0.6 is 0 Å². The summed E-state index contributed by atoms with van der Waals surface area (Å²) in [6, 6.07) is 15.6. The third kappa shape index (κ3) is 7.20. The predicted molar refractivity (Wildman–Crippen MR) is 175 cm³/mol. The van der Waals surface area contributed by atoms with Crippen LogP contribution in [-0.2, 0) is 27.3 Å². The van der Waals surface area contributed by atoms with E-state index in [0.717, 1.165) is 36.9 Å². The highest BCUT2D eigenvalue weighted by Gasteiger charge is 2.43. The number of nitrogens with zero attached hydrogens (tertiary/aromatic N) is 4. The topological polar surface area (TPSA) is 118 Å². The summed E-state index contributed by atoms with van der Waals surface area (Å²) >= 11 is 0. The molecule has 4 heterocycles. The van der Waals surface area contributed by atoms with Gasteiger partial charge in [-0.25, -0.2) is 0 Å². The number of nitrogens with one attached hydrogen (secondary N) is 2. The lowest BCUT2D eigenvalue weighted by atomic mass is 9.75. The van der Waals surface area contributed by atoms with Crippen molar-refractivity contribution in [2.45, 2.75) is 57.5 Å². The van der Waals surface area contributed by atoms with Crippen LogP contribution in [-0.4, -0.2) is 103 Å². The molecule has 6 rings (SSSR count). The third-order valence-electron chi connectivity index (χ3n) is 9.77. The number of carbonyl (C=O) groups is 3. The van der Waals surface area contributed by atoms with Gasteiger partial charge in [-0.15, -0.1) is 0 Å². The van der Waals surface area contributed by atoms with Gasteiger partial charge in [0.05, 0.1) is 17.5 Å². The summed E-state index contributed by atoms with van der Waals surface area (Å²) in [6.07, 6.45) is 6.04. The average Bonchev–Trinajstić information content (AvgIpc) is 3.74.